The molecule has 0 fully saturated rings. The standard InChI is InChI=1S/C22H22N4O3/c1-26(13-9-16-6-10-23-11-7-16)22(28)17-8-12-24-20(14-17)21(27)25-18-4-3-5-19(15-18)29-2/h3-8,10-12,14-15H,9,13H2,1-2H3,(H,25,27). The molecule has 7 nitrogen and oxygen atoms in total. The summed E-state index contributed by atoms with van der Waals surface area (Å²) in [6.45, 7) is 0.552. The van der Waals surface area contributed by atoms with Crippen LogP contribution in [0.4, 0.5) is 5.69 Å². The maximum Gasteiger partial charge on any atom is 0.274 e. The number of benzene rings is 1. The summed E-state index contributed by atoms with van der Waals surface area (Å²) in [6, 6.07) is 14.0. The molecule has 3 aromatic rings. The largest absolute Gasteiger partial charge is 0.497 e. The number of carbonyl (C=O) groups is 2. The first-order chi connectivity index (χ1) is 14.1. The van der Waals surface area contributed by atoms with Crippen LogP contribution in [0.1, 0.15) is 26.4 Å². The van der Waals surface area contributed by atoms with Gasteiger partial charge in [-0.05, 0) is 48.4 Å². The van der Waals surface area contributed by atoms with Gasteiger partial charge in [0.05, 0.1) is 7.11 Å². The summed E-state index contributed by atoms with van der Waals surface area (Å²) in [4.78, 5) is 34.9. The summed E-state index contributed by atoms with van der Waals surface area (Å²) in [7, 11) is 3.29. The Kier molecular flexibility index (Phi) is 6.52. The van der Waals surface area contributed by atoms with Gasteiger partial charge in [0, 0.05) is 49.5 Å². The minimum atomic E-state index is -0.396. The number of carbonyl (C=O) groups excluding carboxylic acids is 2. The van der Waals surface area contributed by atoms with Gasteiger partial charge in [0.15, 0.2) is 0 Å². The fraction of sp³-hybridized carbons (Fsp3) is 0.182. The molecule has 0 spiro atoms. The third kappa shape index (κ3) is 5.38. The van der Waals surface area contributed by atoms with E-state index in [0.717, 1.165) is 12.0 Å². The molecule has 7 heteroatoms. The lowest BCUT2D eigenvalue weighted by atomic mass is 10.1. The summed E-state index contributed by atoms with van der Waals surface area (Å²) < 4.78 is 5.15. The van der Waals surface area contributed by atoms with E-state index in [-0.39, 0.29) is 11.6 Å². The van der Waals surface area contributed by atoms with Crippen LogP contribution in [0.3, 0.4) is 0 Å². The van der Waals surface area contributed by atoms with E-state index in [2.05, 4.69) is 15.3 Å². The van der Waals surface area contributed by atoms with Crippen molar-refractivity contribution in [3.63, 3.8) is 0 Å². The number of aromatic nitrogens is 2. The van der Waals surface area contributed by atoms with Gasteiger partial charge in [-0.3, -0.25) is 19.6 Å². The molecule has 0 saturated heterocycles. The Balaban J connectivity index is 1.66. The molecule has 2 amide bonds. The monoisotopic (exact) mass is 390 g/mol. The minimum Gasteiger partial charge on any atom is -0.497 e. The normalized spacial score (nSPS) is 10.3. The van der Waals surface area contributed by atoms with Crippen molar-refractivity contribution < 1.29 is 14.3 Å². The zero-order valence-corrected chi connectivity index (χ0v) is 16.3. The van der Waals surface area contributed by atoms with E-state index < -0.39 is 5.91 Å². The molecule has 0 bridgehead atoms. The van der Waals surface area contributed by atoms with Crippen LogP contribution in [0.2, 0.25) is 0 Å². The van der Waals surface area contributed by atoms with Gasteiger partial charge in [-0.15, -0.1) is 0 Å². The van der Waals surface area contributed by atoms with Crippen LogP contribution in [0.15, 0.2) is 67.1 Å². The maximum atomic E-state index is 12.7. The zero-order chi connectivity index (χ0) is 20.6. The average Bonchev–Trinajstić information content (AvgIpc) is 2.77. The zero-order valence-electron chi connectivity index (χ0n) is 16.3. The third-order valence-electron chi connectivity index (χ3n) is 4.40. The number of nitrogens with one attached hydrogen (secondary N) is 1. The quantitative estimate of drug-likeness (QED) is 0.670. The number of rotatable bonds is 7. The fourth-order valence-corrected chi connectivity index (χ4v) is 2.75. The van der Waals surface area contributed by atoms with Gasteiger partial charge in [-0.25, -0.2) is 0 Å². The van der Waals surface area contributed by atoms with Crippen LogP contribution in [-0.4, -0.2) is 47.4 Å². The molecule has 0 atom stereocenters. The van der Waals surface area contributed by atoms with Gasteiger partial charge in [-0.2, -0.15) is 0 Å². The van der Waals surface area contributed by atoms with Crippen molar-refractivity contribution in [2.24, 2.45) is 0 Å². The molecule has 0 aliphatic carbocycles. The second-order valence-electron chi connectivity index (χ2n) is 6.45. The van der Waals surface area contributed by atoms with E-state index in [1.54, 1.807) is 61.8 Å². The van der Waals surface area contributed by atoms with Crippen LogP contribution < -0.4 is 10.1 Å². The number of amides is 2. The summed E-state index contributed by atoms with van der Waals surface area (Å²) in [6.07, 6.45) is 5.64. The highest BCUT2D eigenvalue weighted by molar-refractivity contribution is 6.04. The van der Waals surface area contributed by atoms with Crippen molar-refractivity contribution in [1.29, 1.82) is 0 Å². The first kappa shape index (κ1) is 20.0. The lowest BCUT2D eigenvalue weighted by Crippen LogP contribution is -2.29. The number of anilines is 1. The molecule has 0 unspecified atom stereocenters. The molecular weight excluding hydrogens is 368 g/mol. The van der Waals surface area contributed by atoms with Gasteiger partial charge in [0.25, 0.3) is 11.8 Å². The molecule has 0 aliphatic rings. The van der Waals surface area contributed by atoms with Crippen LogP contribution in [0, 0.1) is 0 Å². The Morgan fingerprint density at radius 3 is 2.62 bits per heavy atom. The molecule has 0 saturated carbocycles. The Hall–Kier alpha value is -3.74. The first-order valence-corrected chi connectivity index (χ1v) is 9.12. The Morgan fingerprint density at radius 1 is 1.07 bits per heavy atom. The maximum absolute atomic E-state index is 12.7. The molecular formula is C22H22N4O3. The van der Waals surface area contributed by atoms with Gasteiger partial charge in [-0.1, -0.05) is 6.07 Å². The van der Waals surface area contributed by atoms with Gasteiger partial charge >= 0.3 is 0 Å². The number of methoxy groups -OCH3 is 1. The van der Waals surface area contributed by atoms with Crippen LogP contribution in [0.25, 0.3) is 0 Å². The number of hydrogen-bond acceptors (Lipinski definition) is 5. The molecule has 2 aromatic heterocycles. The Labute approximate surface area is 169 Å². The average molecular weight is 390 g/mol. The number of pyridine rings is 2. The van der Waals surface area contributed by atoms with E-state index in [0.29, 0.717) is 23.5 Å². The van der Waals surface area contributed by atoms with E-state index in [4.69, 9.17) is 4.74 Å². The molecule has 148 valence electrons. The van der Waals surface area contributed by atoms with Crippen molar-refractivity contribution in [3.05, 3.63) is 83.9 Å². The Bertz CT molecular complexity index is 992. The second-order valence-corrected chi connectivity index (χ2v) is 6.45. The topological polar surface area (TPSA) is 84.4 Å². The summed E-state index contributed by atoms with van der Waals surface area (Å²) >= 11 is 0. The van der Waals surface area contributed by atoms with E-state index in [1.807, 2.05) is 12.1 Å². The highest BCUT2D eigenvalue weighted by Gasteiger charge is 2.15. The minimum absolute atomic E-state index is 0.168. The van der Waals surface area contributed by atoms with E-state index >= 15 is 0 Å². The van der Waals surface area contributed by atoms with E-state index in [1.165, 1.54) is 12.3 Å². The van der Waals surface area contributed by atoms with Gasteiger partial charge in [0.2, 0.25) is 0 Å². The second kappa shape index (κ2) is 9.45. The van der Waals surface area contributed by atoms with E-state index in [9.17, 15) is 9.59 Å². The number of ether oxygens (including phenoxy) is 1. The van der Waals surface area contributed by atoms with Crippen molar-refractivity contribution in [2.75, 3.05) is 26.0 Å². The molecule has 1 N–H and O–H groups in total. The van der Waals surface area contributed by atoms with Crippen LogP contribution >= 0.6 is 0 Å². The molecule has 2 heterocycles. The van der Waals surface area contributed by atoms with Crippen molar-refractivity contribution in [3.8, 4) is 5.75 Å². The molecule has 0 radical (unpaired) electrons. The predicted octanol–water partition coefficient (Wildman–Crippen LogP) is 3.05. The summed E-state index contributed by atoms with van der Waals surface area (Å²) in [5.74, 6) is 0.0692. The molecule has 3 rings (SSSR count). The lowest BCUT2D eigenvalue weighted by Gasteiger charge is -2.17. The highest BCUT2D eigenvalue weighted by atomic mass is 16.5. The SMILES string of the molecule is COc1cccc(NC(=O)c2cc(C(=O)N(C)CCc3ccncc3)ccn2)c1. The summed E-state index contributed by atoms with van der Waals surface area (Å²) in [5, 5.41) is 2.76. The predicted molar refractivity (Wildman–Crippen MR) is 110 cm³/mol. The number of nitrogens with zero attached hydrogens (tertiary/aromatic N) is 3. The van der Waals surface area contributed by atoms with Crippen molar-refractivity contribution in [2.45, 2.75) is 6.42 Å². The van der Waals surface area contributed by atoms with Gasteiger partial charge in [0.1, 0.15) is 11.4 Å². The van der Waals surface area contributed by atoms with Crippen molar-refractivity contribution >= 4 is 17.5 Å². The smallest absolute Gasteiger partial charge is 0.274 e. The summed E-state index contributed by atoms with van der Waals surface area (Å²) in [5.41, 5.74) is 2.27. The molecule has 29 heavy (non-hydrogen) atoms. The molecule has 0 aliphatic heterocycles. The Morgan fingerprint density at radius 2 is 1.86 bits per heavy atom. The lowest BCUT2D eigenvalue weighted by molar-refractivity contribution is 0.0796. The van der Waals surface area contributed by atoms with Gasteiger partial charge < -0.3 is 15.0 Å². The fourth-order valence-electron chi connectivity index (χ4n) is 2.75. The van der Waals surface area contributed by atoms with Crippen molar-refractivity contribution in [1.82, 2.24) is 14.9 Å². The highest BCUT2D eigenvalue weighted by Crippen LogP contribution is 2.17. The van der Waals surface area contributed by atoms with Crippen LogP contribution in [0.5, 0.6) is 5.75 Å². The van der Waals surface area contributed by atoms with Crippen LogP contribution in [-0.2, 0) is 6.42 Å². The number of hydrogen-bond donors (Lipinski definition) is 1. The third-order valence-corrected chi connectivity index (χ3v) is 4.40. The number of likely N-dealkylation sites (N-methyl/N-ethyl adjacent to an activating group) is 1. The molecule has 1 aromatic carbocycles. The first-order valence-electron chi connectivity index (χ1n) is 9.12.